The van der Waals surface area contributed by atoms with E-state index in [-0.39, 0.29) is 11.3 Å². The molecule has 6 heteroatoms. The number of carbonyl (C=O) groups is 1. The standard InChI is InChI=1S/C10H11F2NO3/c1-2-15-13-9(14)7-4-3-5-8(6-7)16-10(11)12/h3-6,10H,2H2,1H3,(H,13,14). The number of halogens is 2. The van der Waals surface area contributed by atoms with Gasteiger partial charge in [-0.3, -0.25) is 9.63 Å². The first kappa shape index (κ1) is 12.4. The van der Waals surface area contributed by atoms with Crippen LogP contribution < -0.4 is 10.2 Å². The van der Waals surface area contributed by atoms with Crippen LogP contribution in [0.4, 0.5) is 8.78 Å². The third kappa shape index (κ3) is 3.82. The van der Waals surface area contributed by atoms with E-state index in [1.54, 1.807) is 6.92 Å². The van der Waals surface area contributed by atoms with Crippen LogP contribution in [-0.4, -0.2) is 19.1 Å². The molecule has 16 heavy (non-hydrogen) atoms. The summed E-state index contributed by atoms with van der Waals surface area (Å²) in [6.45, 7) is -0.888. The number of rotatable bonds is 5. The van der Waals surface area contributed by atoms with Gasteiger partial charge in [0.1, 0.15) is 5.75 Å². The van der Waals surface area contributed by atoms with Crippen molar-refractivity contribution in [2.24, 2.45) is 0 Å². The van der Waals surface area contributed by atoms with E-state index in [4.69, 9.17) is 0 Å². The van der Waals surface area contributed by atoms with Crippen molar-refractivity contribution in [2.75, 3.05) is 6.61 Å². The molecule has 0 atom stereocenters. The summed E-state index contributed by atoms with van der Waals surface area (Å²) in [6, 6.07) is 5.45. The van der Waals surface area contributed by atoms with Gasteiger partial charge in [0.25, 0.3) is 5.91 Å². The van der Waals surface area contributed by atoms with Crippen LogP contribution in [0.25, 0.3) is 0 Å². The maximum atomic E-state index is 11.9. The van der Waals surface area contributed by atoms with Gasteiger partial charge in [0, 0.05) is 5.56 Å². The minimum Gasteiger partial charge on any atom is -0.435 e. The third-order valence-corrected chi connectivity index (χ3v) is 1.63. The summed E-state index contributed by atoms with van der Waals surface area (Å²) in [5, 5.41) is 0. The molecule has 1 aromatic carbocycles. The van der Waals surface area contributed by atoms with Crippen LogP contribution in [0.2, 0.25) is 0 Å². The van der Waals surface area contributed by atoms with Crippen molar-refractivity contribution in [3.8, 4) is 5.75 Å². The van der Waals surface area contributed by atoms with Gasteiger partial charge in [0.05, 0.1) is 6.61 Å². The van der Waals surface area contributed by atoms with Crippen LogP contribution in [-0.2, 0) is 4.84 Å². The average molecular weight is 231 g/mol. The fraction of sp³-hybridized carbons (Fsp3) is 0.300. The fourth-order valence-electron chi connectivity index (χ4n) is 1.01. The number of hydrogen-bond acceptors (Lipinski definition) is 3. The maximum Gasteiger partial charge on any atom is 0.387 e. The van der Waals surface area contributed by atoms with E-state index in [1.165, 1.54) is 24.3 Å². The molecule has 0 aromatic heterocycles. The Labute approximate surface area is 91.1 Å². The Hall–Kier alpha value is -1.69. The van der Waals surface area contributed by atoms with E-state index in [0.717, 1.165) is 0 Å². The van der Waals surface area contributed by atoms with E-state index in [2.05, 4.69) is 15.1 Å². The molecule has 0 saturated heterocycles. The summed E-state index contributed by atoms with van der Waals surface area (Å²) in [4.78, 5) is 16.0. The minimum atomic E-state index is -2.91. The van der Waals surface area contributed by atoms with Gasteiger partial charge in [-0.2, -0.15) is 8.78 Å². The predicted molar refractivity (Wildman–Crippen MR) is 52.2 cm³/mol. The first-order valence-corrected chi connectivity index (χ1v) is 4.60. The topological polar surface area (TPSA) is 47.6 Å². The van der Waals surface area contributed by atoms with Crippen LogP contribution in [0.3, 0.4) is 0 Å². The molecule has 1 rings (SSSR count). The van der Waals surface area contributed by atoms with Crippen molar-refractivity contribution < 1.29 is 23.1 Å². The number of hydrogen-bond donors (Lipinski definition) is 1. The molecule has 0 spiro atoms. The normalized spacial score (nSPS) is 10.2. The van der Waals surface area contributed by atoms with Gasteiger partial charge >= 0.3 is 6.61 Å². The number of alkyl halides is 2. The predicted octanol–water partition coefficient (Wildman–Crippen LogP) is 1.97. The molecule has 0 radical (unpaired) electrons. The molecule has 0 aliphatic rings. The number of amides is 1. The van der Waals surface area contributed by atoms with Crippen molar-refractivity contribution >= 4 is 5.91 Å². The molecule has 1 N–H and O–H groups in total. The molecule has 0 saturated carbocycles. The lowest BCUT2D eigenvalue weighted by atomic mass is 10.2. The van der Waals surface area contributed by atoms with E-state index in [0.29, 0.717) is 6.61 Å². The molecule has 88 valence electrons. The van der Waals surface area contributed by atoms with Gasteiger partial charge in [-0.15, -0.1) is 0 Å². The monoisotopic (exact) mass is 231 g/mol. The van der Waals surface area contributed by atoms with E-state index in [1.807, 2.05) is 0 Å². The Morgan fingerprint density at radius 1 is 1.50 bits per heavy atom. The lowest BCUT2D eigenvalue weighted by Crippen LogP contribution is -2.23. The Bertz CT molecular complexity index is 358. The summed E-state index contributed by atoms with van der Waals surface area (Å²) in [5.41, 5.74) is 2.33. The largest absolute Gasteiger partial charge is 0.435 e. The van der Waals surface area contributed by atoms with Gasteiger partial charge in [0.15, 0.2) is 0 Å². The molecular weight excluding hydrogens is 220 g/mol. The summed E-state index contributed by atoms with van der Waals surface area (Å²) in [7, 11) is 0. The van der Waals surface area contributed by atoms with Crippen molar-refractivity contribution in [1.82, 2.24) is 5.48 Å². The molecule has 0 bridgehead atoms. The number of carbonyl (C=O) groups excluding carboxylic acids is 1. The second kappa shape index (κ2) is 6.02. The van der Waals surface area contributed by atoms with E-state index in [9.17, 15) is 13.6 Å². The molecule has 0 aliphatic carbocycles. The first-order chi connectivity index (χ1) is 7.63. The Kier molecular flexibility index (Phi) is 4.65. The number of benzene rings is 1. The third-order valence-electron chi connectivity index (χ3n) is 1.63. The van der Waals surface area contributed by atoms with Gasteiger partial charge in [0.2, 0.25) is 0 Å². The molecular formula is C10H11F2NO3. The van der Waals surface area contributed by atoms with E-state index >= 15 is 0 Å². The van der Waals surface area contributed by atoms with Crippen LogP contribution in [0, 0.1) is 0 Å². The fourth-order valence-corrected chi connectivity index (χ4v) is 1.01. The minimum absolute atomic E-state index is 0.0702. The second-order valence-corrected chi connectivity index (χ2v) is 2.77. The molecule has 0 aliphatic heterocycles. The van der Waals surface area contributed by atoms with Crippen molar-refractivity contribution in [2.45, 2.75) is 13.5 Å². The molecule has 1 amide bonds. The summed E-state index contributed by atoms with van der Waals surface area (Å²) < 4.78 is 28.0. The van der Waals surface area contributed by atoms with Gasteiger partial charge < -0.3 is 4.74 Å². The number of hydroxylamine groups is 1. The van der Waals surface area contributed by atoms with E-state index < -0.39 is 12.5 Å². The highest BCUT2D eigenvalue weighted by molar-refractivity contribution is 5.93. The highest BCUT2D eigenvalue weighted by Crippen LogP contribution is 2.15. The number of nitrogens with one attached hydrogen (secondary N) is 1. The van der Waals surface area contributed by atoms with Crippen LogP contribution in [0.1, 0.15) is 17.3 Å². The lowest BCUT2D eigenvalue weighted by Gasteiger charge is -2.07. The van der Waals surface area contributed by atoms with Crippen LogP contribution in [0.15, 0.2) is 24.3 Å². The summed E-state index contributed by atoms with van der Waals surface area (Å²) in [5.74, 6) is -0.583. The molecule has 0 unspecified atom stereocenters. The molecule has 0 fully saturated rings. The highest BCUT2D eigenvalue weighted by atomic mass is 19.3. The Morgan fingerprint density at radius 2 is 2.25 bits per heavy atom. The molecule has 4 nitrogen and oxygen atoms in total. The van der Waals surface area contributed by atoms with Crippen molar-refractivity contribution in [3.05, 3.63) is 29.8 Å². The van der Waals surface area contributed by atoms with Gasteiger partial charge in [-0.25, -0.2) is 5.48 Å². The zero-order chi connectivity index (χ0) is 12.0. The maximum absolute atomic E-state index is 11.9. The Morgan fingerprint density at radius 3 is 2.88 bits per heavy atom. The van der Waals surface area contributed by atoms with Crippen LogP contribution >= 0.6 is 0 Å². The van der Waals surface area contributed by atoms with Crippen molar-refractivity contribution in [1.29, 1.82) is 0 Å². The quantitative estimate of drug-likeness (QED) is 0.788. The zero-order valence-electron chi connectivity index (χ0n) is 8.57. The number of ether oxygens (including phenoxy) is 1. The average Bonchev–Trinajstić information content (AvgIpc) is 2.25. The highest BCUT2D eigenvalue weighted by Gasteiger charge is 2.09. The SMILES string of the molecule is CCONC(=O)c1cccc(OC(F)F)c1. The zero-order valence-corrected chi connectivity index (χ0v) is 8.57. The second-order valence-electron chi connectivity index (χ2n) is 2.77. The molecule has 0 heterocycles. The van der Waals surface area contributed by atoms with Gasteiger partial charge in [-0.05, 0) is 25.1 Å². The smallest absolute Gasteiger partial charge is 0.387 e. The summed E-state index contributed by atoms with van der Waals surface area (Å²) >= 11 is 0. The van der Waals surface area contributed by atoms with Gasteiger partial charge in [-0.1, -0.05) is 6.07 Å². The van der Waals surface area contributed by atoms with Crippen LogP contribution in [0.5, 0.6) is 5.75 Å². The summed E-state index contributed by atoms with van der Waals surface area (Å²) in [6.07, 6.45) is 0. The Balaban J connectivity index is 2.69. The molecule has 1 aromatic rings. The lowest BCUT2D eigenvalue weighted by molar-refractivity contribution is -0.0499. The van der Waals surface area contributed by atoms with Crippen molar-refractivity contribution in [3.63, 3.8) is 0 Å². The first-order valence-electron chi connectivity index (χ1n) is 4.60.